The van der Waals surface area contributed by atoms with Crippen LogP contribution in [-0.4, -0.2) is 45.3 Å². The Morgan fingerprint density at radius 3 is 2.17 bits per heavy atom. The molecule has 0 aromatic heterocycles. The van der Waals surface area contributed by atoms with Crippen LogP contribution in [0.15, 0.2) is 0 Å². The lowest BCUT2D eigenvalue weighted by Gasteiger charge is -2.19. The molecule has 0 bridgehead atoms. The van der Waals surface area contributed by atoms with Gasteiger partial charge in [-0.15, -0.1) is 0 Å². The van der Waals surface area contributed by atoms with Crippen molar-refractivity contribution in [3.05, 3.63) is 0 Å². The minimum atomic E-state index is -1.38. The molecule has 0 aliphatic heterocycles. The first-order valence-electron chi connectivity index (χ1n) is 5.43. The second-order valence-corrected chi connectivity index (χ2v) is 4.04. The van der Waals surface area contributed by atoms with Crippen LogP contribution in [0.1, 0.15) is 26.7 Å². The van der Waals surface area contributed by atoms with Crippen molar-refractivity contribution in [3.63, 3.8) is 0 Å². The van der Waals surface area contributed by atoms with Crippen molar-refractivity contribution in [1.29, 1.82) is 0 Å². The number of hydrogen-bond acceptors (Lipinski definition) is 5. The number of carbonyl (C=O) groups excluding carboxylic acids is 2. The number of aliphatic carboxylic acids is 1. The van der Waals surface area contributed by atoms with Crippen LogP contribution in [0.5, 0.6) is 0 Å². The predicted molar refractivity (Wildman–Crippen MR) is 59.6 cm³/mol. The maximum Gasteiger partial charge on any atom is 0.328 e. The van der Waals surface area contributed by atoms with E-state index in [2.05, 4.69) is 5.32 Å². The Morgan fingerprint density at radius 2 is 1.78 bits per heavy atom. The molecule has 0 rings (SSSR count). The third kappa shape index (κ3) is 5.60. The molecule has 0 heterocycles. The summed E-state index contributed by atoms with van der Waals surface area (Å²) in [6.45, 7) is 2.77. The molecule has 0 radical (unpaired) electrons. The van der Waals surface area contributed by atoms with Crippen LogP contribution in [0.2, 0.25) is 0 Å². The molecule has 8 nitrogen and oxygen atoms in total. The van der Waals surface area contributed by atoms with Gasteiger partial charge in [-0.3, -0.25) is 14.8 Å². The van der Waals surface area contributed by atoms with E-state index >= 15 is 0 Å². The molecule has 0 saturated carbocycles. The lowest BCUT2D eigenvalue weighted by atomic mass is 10.0. The molecule has 8 heteroatoms. The van der Waals surface area contributed by atoms with Gasteiger partial charge in [0.05, 0.1) is 6.10 Å². The zero-order valence-electron chi connectivity index (χ0n) is 10.2. The van der Waals surface area contributed by atoms with Crippen LogP contribution in [-0.2, 0) is 14.4 Å². The van der Waals surface area contributed by atoms with Gasteiger partial charge in [-0.05, 0) is 13.3 Å². The number of hydroxylamine groups is 1. The Balaban J connectivity index is 4.29. The van der Waals surface area contributed by atoms with E-state index in [1.807, 2.05) is 0 Å². The molecule has 0 saturated heterocycles. The van der Waals surface area contributed by atoms with Gasteiger partial charge < -0.3 is 15.5 Å². The number of hydrogen-bond donors (Lipinski definition) is 5. The summed E-state index contributed by atoms with van der Waals surface area (Å²) in [6, 6.07) is -1.38. The molecule has 1 unspecified atom stereocenters. The highest BCUT2D eigenvalue weighted by Gasteiger charge is 2.26. The van der Waals surface area contributed by atoms with Gasteiger partial charge in [-0.1, -0.05) is 6.92 Å². The van der Waals surface area contributed by atoms with E-state index in [1.54, 1.807) is 0 Å². The van der Waals surface area contributed by atoms with Crippen molar-refractivity contribution in [1.82, 2.24) is 10.8 Å². The summed E-state index contributed by atoms with van der Waals surface area (Å²) in [5.41, 5.74) is 1.43. The maximum atomic E-state index is 11.6. The number of aliphatic hydroxyl groups excluding tert-OH is 1. The maximum absolute atomic E-state index is 11.6. The molecular weight excluding hydrogens is 244 g/mol. The average molecular weight is 262 g/mol. The van der Waals surface area contributed by atoms with Gasteiger partial charge in [0.1, 0.15) is 0 Å². The fourth-order valence-electron chi connectivity index (χ4n) is 1.22. The summed E-state index contributed by atoms with van der Waals surface area (Å²) in [6.07, 6.45) is -1.12. The SMILES string of the molecule is CC(CCC(=O)NO)C(=O)N[C@H](C(=O)O)[C@@H](C)O. The van der Waals surface area contributed by atoms with E-state index in [-0.39, 0.29) is 12.8 Å². The van der Waals surface area contributed by atoms with E-state index in [1.165, 1.54) is 19.3 Å². The summed E-state index contributed by atoms with van der Waals surface area (Å²) in [5.74, 6) is -3.14. The van der Waals surface area contributed by atoms with Gasteiger partial charge in [0, 0.05) is 12.3 Å². The first-order valence-corrected chi connectivity index (χ1v) is 5.43. The molecule has 104 valence electrons. The standard InChI is InChI=1S/C10H18N2O6/c1-5(3-4-7(14)12-18)9(15)11-8(6(2)13)10(16)17/h5-6,8,13,18H,3-4H2,1-2H3,(H,11,15)(H,12,14)(H,16,17)/t5?,6-,8+/m1/s1. The van der Waals surface area contributed by atoms with Crippen molar-refractivity contribution >= 4 is 17.8 Å². The monoisotopic (exact) mass is 262 g/mol. The van der Waals surface area contributed by atoms with Gasteiger partial charge >= 0.3 is 5.97 Å². The zero-order chi connectivity index (χ0) is 14.3. The average Bonchev–Trinajstić information content (AvgIpc) is 2.30. The number of rotatable bonds is 7. The highest BCUT2D eigenvalue weighted by atomic mass is 16.5. The number of amides is 2. The quantitative estimate of drug-likeness (QED) is 0.290. The molecule has 0 aromatic rings. The largest absolute Gasteiger partial charge is 0.480 e. The zero-order valence-corrected chi connectivity index (χ0v) is 10.2. The van der Waals surface area contributed by atoms with Crippen LogP contribution in [0, 0.1) is 5.92 Å². The summed E-state index contributed by atoms with van der Waals surface area (Å²) >= 11 is 0. The lowest BCUT2D eigenvalue weighted by Crippen LogP contribution is -2.49. The lowest BCUT2D eigenvalue weighted by molar-refractivity contribution is -0.145. The van der Waals surface area contributed by atoms with Gasteiger partial charge in [-0.25, -0.2) is 10.3 Å². The third-order valence-corrected chi connectivity index (χ3v) is 2.42. The smallest absolute Gasteiger partial charge is 0.328 e. The molecule has 0 aliphatic rings. The second-order valence-electron chi connectivity index (χ2n) is 4.04. The number of carboxylic acid groups (broad SMARTS) is 1. The highest BCUT2D eigenvalue weighted by Crippen LogP contribution is 2.06. The Hall–Kier alpha value is -1.67. The highest BCUT2D eigenvalue weighted by molar-refractivity contribution is 5.85. The van der Waals surface area contributed by atoms with E-state index in [0.29, 0.717) is 0 Å². The molecule has 18 heavy (non-hydrogen) atoms. The first kappa shape index (κ1) is 16.3. The molecule has 2 amide bonds. The van der Waals surface area contributed by atoms with E-state index in [9.17, 15) is 19.5 Å². The van der Waals surface area contributed by atoms with Crippen LogP contribution < -0.4 is 10.8 Å². The van der Waals surface area contributed by atoms with Crippen LogP contribution in [0.4, 0.5) is 0 Å². The molecule has 5 N–H and O–H groups in total. The molecule has 0 spiro atoms. The van der Waals surface area contributed by atoms with Crippen molar-refractivity contribution in [2.45, 2.75) is 38.8 Å². The van der Waals surface area contributed by atoms with Crippen LogP contribution in [0.3, 0.4) is 0 Å². The topological polar surface area (TPSA) is 136 Å². The third-order valence-electron chi connectivity index (χ3n) is 2.42. The molecular formula is C10H18N2O6. The van der Waals surface area contributed by atoms with E-state index < -0.39 is 35.8 Å². The minimum absolute atomic E-state index is 0.0580. The predicted octanol–water partition coefficient (Wildman–Crippen LogP) is -1.14. The molecule has 0 aromatic carbocycles. The van der Waals surface area contributed by atoms with Crippen molar-refractivity contribution in [2.75, 3.05) is 0 Å². The number of carbonyl (C=O) groups is 3. The Labute approximate surface area is 104 Å². The molecule has 3 atom stereocenters. The molecule has 0 fully saturated rings. The summed E-state index contributed by atoms with van der Waals surface area (Å²) in [7, 11) is 0. The van der Waals surface area contributed by atoms with Gasteiger partial charge in [0.15, 0.2) is 6.04 Å². The van der Waals surface area contributed by atoms with Crippen LogP contribution >= 0.6 is 0 Å². The second kappa shape index (κ2) is 7.62. The van der Waals surface area contributed by atoms with Gasteiger partial charge in [0.2, 0.25) is 11.8 Å². The van der Waals surface area contributed by atoms with Crippen molar-refractivity contribution in [2.24, 2.45) is 5.92 Å². The summed E-state index contributed by atoms with van der Waals surface area (Å²) < 4.78 is 0. The van der Waals surface area contributed by atoms with E-state index in [0.717, 1.165) is 0 Å². The first-order chi connectivity index (χ1) is 8.29. The number of nitrogens with one attached hydrogen (secondary N) is 2. The Kier molecular flexibility index (Phi) is 6.91. The summed E-state index contributed by atoms with van der Waals surface area (Å²) in [4.78, 5) is 33.1. The van der Waals surface area contributed by atoms with Gasteiger partial charge in [-0.2, -0.15) is 0 Å². The Morgan fingerprint density at radius 1 is 1.22 bits per heavy atom. The fraction of sp³-hybridized carbons (Fsp3) is 0.700. The number of aliphatic hydroxyl groups is 1. The summed E-state index contributed by atoms with van der Waals surface area (Å²) in [5, 5.41) is 28.4. The van der Waals surface area contributed by atoms with Crippen LogP contribution in [0.25, 0.3) is 0 Å². The number of carboxylic acids is 1. The fourth-order valence-corrected chi connectivity index (χ4v) is 1.22. The van der Waals surface area contributed by atoms with Gasteiger partial charge in [0.25, 0.3) is 0 Å². The van der Waals surface area contributed by atoms with Crippen molar-refractivity contribution < 1.29 is 29.8 Å². The Bertz CT molecular complexity index is 317. The minimum Gasteiger partial charge on any atom is -0.480 e. The molecule has 0 aliphatic carbocycles. The normalized spacial score (nSPS) is 15.3. The van der Waals surface area contributed by atoms with E-state index in [4.69, 9.17) is 10.3 Å². The van der Waals surface area contributed by atoms with Crippen molar-refractivity contribution in [3.8, 4) is 0 Å².